The van der Waals surface area contributed by atoms with Crippen molar-refractivity contribution in [3.05, 3.63) is 95.6 Å². The van der Waals surface area contributed by atoms with Gasteiger partial charge in [-0.15, -0.1) is 0 Å². The molecule has 1 unspecified atom stereocenters. The van der Waals surface area contributed by atoms with E-state index in [4.69, 9.17) is 15.2 Å². The van der Waals surface area contributed by atoms with E-state index in [1.807, 2.05) is 61.5 Å². The first-order chi connectivity index (χ1) is 14.0. The van der Waals surface area contributed by atoms with Gasteiger partial charge in [0.15, 0.2) is 5.60 Å². The maximum Gasteiger partial charge on any atom is 0.380 e. The summed E-state index contributed by atoms with van der Waals surface area (Å²) in [6.45, 7) is 4.08. The van der Waals surface area contributed by atoms with E-state index >= 15 is 0 Å². The number of rotatable bonds is 7. The molecule has 0 aliphatic carbocycles. The monoisotopic (exact) mass is 389 g/mol. The summed E-state index contributed by atoms with van der Waals surface area (Å²) in [4.78, 5) is 25.6. The highest BCUT2D eigenvalue weighted by atomic mass is 16.6. The number of carbonyl (C=O) groups is 2. The first-order valence-electron chi connectivity index (χ1n) is 9.37. The van der Waals surface area contributed by atoms with E-state index < -0.39 is 17.4 Å². The molecule has 0 bridgehead atoms. The number of anilines is 1. The van der Waals surface area contributed by atoms with Gasteiger partial charge in [0.05, 0.1) is 12.2 Å². The lowest BCUT2D eigenvalue weighted by Gasteiger charge is -2.32. The number of nitrogen functional groups attached to an aromatic ring is 1. The molecule has 0 saturated carbocycles. The van der Waals surface area contributed by atoms with E-state index in [1.54, 1.807) is 25.1 Å². The van der Waals surface area contributed by atoms with Crippen LogP contribution in [0.2, 0.25) is 0 Å². The molecule has 0 fully saturated rings. The van der Waals surface area contributed by atoms with E-state index in [0.29, 0.717) is 23.5 Å². The average molecular weight is 389 g/mol. The van der Waals surface area contributed by atoms with Crippen LogP contribution >= 0.6 is 0 Å². The summed E-state index contributed by atoms with van der Waals surface area (Å²) in [5.74, 6) is -1.19. The molecule has 29 heavy (non-hydrogen) atoms. The third-order valence-electron chi connectivity index (χ3n) is 4.71. The summed E-state index contributed by atoms with van der Waals surface area (Å²) in [5.41, 5.74) is 6.34. The second kappa shape index (κ2) is 8.61. The number of carbonyl (C=O) groups excluding carboxylic acids is 2. The minimum atomic E-state index is -1.23. The standard InChI is InChI=1S/C24H23NO4/c1-3-28-21-16-10-8-14-19(21)24(2,17-11-5-4-6-12-17)29-23(27)22(26)18-13-7-9-15-20(18)25/h4-16H,3,25H2,1-2H3. The predicted molar refractivity (Wildman–Crippen MR) is 112 cm³/mol. The van der Waals surface area contributed by atoms with Crippen LogP contribution < -0.4 is 10.5 Å². The number of Topliss-reactive ketones (excluding diaryl/α,β-unsaturated/α-hetero) is 1. The molecule has 148 valence electrons. The number of ketones is 1. The summed E-state index contributed by atoms with van der Waals surface area (Å²) < 4.78 is 11.6. The minimum absolute atomic E-state index is 0.117. The lowest BCUT2D eigenvalue weighted by Crippen LogP contribution is -2.34. The van der Waals surface area contributed by atoms with Crippen LogP contribution in [-0.4, -0.2) is 18.4 Å². The van der Waals surface area contributed by atoms with Gasteiger partial charge in [0.25, 0.3) is 5.78 Å². The maximum atomic E-state index is 12.9. The van der Waals surface area contributed by atoms with Crippen LogP contribution in [0.1, 0.15) is 35.3 Å². The van der Waals surface area contributed by atoms with E-state index in [0.717, 1.165) is 0 Å². The topological polar surface area (TPSA) is 78.6 Å². The molecule has 0 aromatic heterocycles. The second-order valence-corrected chi connectivity index (χ2v) is 6.63. The average Bonchev–Trinajstić information content (AvgIpc) is 2.74. The van der Waals surface area contributed by atoms with Crippen molar-refractivity contribution in [1.82, 2.24) is 0 Å². The van der Waals surface area contributed by atoms with E-state index in [-0.39, 0.29) is 11.3 Å². The third-order valence-corrected chi connectivity index (χ3v) is 4.71. The molecule has 5 heteroatoms. The summed E-state index contributed by atoms with van der Waals surface area (Å²) in [6, 6.07) is 23.0. The fourth-order valence-corrected chi connectivity index (χ4v) is 3.21. The Labute approximate surface area is 170 Å². The highest BCUT2D eigenvalue weighted by Gasteiger charge is 2.38. The zero-order valence-corrected chi connectivity index (χ0v) is 16.4. The number of benzene rings is 3. The largest absolute Gasteiger partial charge is 0.493 e. The number of ether oxygens (including phenoxy) is 2. The van der Waals surface area contributed by atoms with Crippen molar-refractivity contribution < 1.29 is 19.1 Å². The van der Waals surface area contributed by atoms with Crippen LogP contribution in [0.25, 0.3) is 0 Å². The van der Waals surface area contributed by atoms with Gasteiger partial charge >= 0.3 is 5.97 Å². The second-order valence-electron chi connectivity index (χ2n) is 6.63. The van der Waals surface area contributed by atoms with Crippen molar-refractivity contribution in [3.8, 4) is 5.75 Å². The van der Waals surface area contributed by atoms with Crippen molar-refractivity contribution in [1.29, 1.82) is 0 Å². The Morgan fingerprint density at radius 1 is 0.897 bits per heavy atom. The van der Waals surface area contributed by atoms with Crippen molar-refractivity contribution in [2.45, 2.75) is 19.4 Å². The Kier molecular flexibility index (Phi) is 5.98. The highest BCUT2D eigenvalue weighted by molar-refractivity contribution is 6.41. The molecule has 2 N–H and O–H groups in total. The molecule has 0 spiro atoms. The molecule has 3 aromatic rings. The molecule has 1 atom stereocenters. The van der Waals surface area contributed by atoms with Crippen LogP contribution in [0.5, 0.6) is 5.75 Å². The molecule has 0 amide bonds. The maximum absolute atomic E-state index is 12.9. The number of hydrogen-bond donors (Lipinski definition) is 1. The number of hydrogen-bond acceptors (Lipinski definition) is 5. The van der Waals surface area contributed by atoms with Gasteiger partial charge in [-0.25, -0.2) is 4.79 Å². The molecule has 0 aliphatic rings. The van der Waals surface area contributed by atoms with Gasteiger partial charge < -0.3 is 15.2 Å². The minimum Gasteiger partial charge on any atom is -0.493 e. The zero-order valence-electron chi connectivity index (χ0n) is 16.4. The number of para-hydroxylation sites is 2. The Balaban J connectivity index is 2.05. The lowest BCUT2D eigenvalue weighted by molar-refractivity contribution is -0.149. The number of esters is 1. The van der Waals surface area contributed by atoms with Crippen LogP contribution in [-0.2, 0) is 15.1 Å². The van der Waals surface area contributed by atoms with E-state index in [9.17, 15) is 9.59 Å². The summed E-state index contributed by atoms with van der Waals surface area (Å²) in [6.07, 6.45) is 0. The molecule has 0 aliphatic heterocycles. The molecule has 5 nitrogen and oxygen atoms in total. The zero-order chi connectivity index (χ0) is 20.9. The Bertz CT molecular complexity index is 1020. The van der Waals surface area contributed by atoms with Gasteiger partial charge in [-0.2, -0.15) is 0 Å². The molecule has 3 rings (SSSR count). The molecule has 3 aromatic carbocycles. The fraction of sp³-hybridized carbons (Fsp3) is 0.167. The normalized spacial score (nSPS) is 12.6. The van der Waals surface area contributed by atoms with Gasteiger partial charge in [-0.05, 0) is 37.6 Å². The molecular weight excluding hydrogens is 366 g/mol. The van der Waals surface area contributed by atoms with Gasteiger partial charge in [0, 0.05) is 11.3 Å². The fourth-order valence-electron chi connectivity index (χ4n) is 3.21. The van der Waals surface area contributed by atoms with Crippen molar-refractivity contribution in [3.63, 3.8) is 0 Å². The highest BCUT2D eigenvalue weighted by Crippen LogP contribution is 2.39. The molecule has 0 heterocycles. The summed E-state index contributed by atoms with van der Waals surface area (Å²) >= 11 is 0. The Hall–Kier alpha value is -3.60. The number of nitrogens with two attached hydrogens (primary N) is 1. The Morgan fingerprint density at radius 2 is 1.52 bits per heavy atom. The summed E-state index contributed by atoms with van der Waals surface area (Å²) in [5, 5.41) is 0. The van der Waals surface area contributed by atoms with Crippen LogP contribution in [0.4, 0.5) is 5.69 Å². The van der Waals surface area contributed by atoms with E-state index in [1.165, 1.54) is 6.07 Å². The van der Waals surface area contributed by atoms with Crippen molar-refractivity contribution in [2.75, 3.05) is 12.3 Å². The first-order valence-corrected chi connectivity index (χ1v) is 9.37. The van der Waals surface area contributed by atoms with Crippen molar-refractivity contribution in [2.24, 2.45) is 0 Å². The van der Waals surface area contributed by atoms with Crippen molar-refractivity contribution >= 4 is 17.4 Å². The molecule has 0 saturated heterocycles. The SMILES string of the molecule is CCOc1ccccc1C(C)(OC(=O)C(=O)c1ccccc1N)c1ccccc1. The quantitative estimate of drug-likeness (QED) is 0.281. The van der Waals surface area contributed by atoms with Gasteiger partial charge in [0.2, 0.25) is 0 Å². The van der Waals surface area contributed by atoms with Gasteiger partial charge in [-0.3, -0.25) is 4.79 Å². The smallest absolute Gasteiger partial charge is 0.380 e. The van der Waals surface area contributed by atoms with Gasteiger partial charge in [-0.1, -0.05) is 60.7 Å². The first kappa shape index (κ1) is 20.1. The van der Waals surface area contributed by atoms with Crippen LogP contribution in [0.15, 0.2) is 78.9 Å². The molecular formula is C24H23NO4. The summed E-state index contributed by atoms with van der Waals surface area (Å²) in [7, 11) is 0. The van der Waals surface area contributed by atoms with E-state index in [2.05, 4.69) is 0 Å². The molecule has 0 radical (unpaired) electrons. The van der Waals surface area contributed by atoms with Crippen LogP contribution in [0, 0.1) is 0 Å². The van der Waals surface area contributed by atoms with Gasteiger partial charge in [0.1, 0.15) is 5.75 Å². The Morgan fingerprint density at radius 3 is 2.21 bits per heavy atom. The van der Waals surface area contributed by atoms with Crippen LogP contribution in [0.3, 0.4) is 0 Å². The lowest BCUT2D eigenvalue weighted by atomic mass is 9.87. The third kappa shape index (κ3) is 4.14. The predicted octanol–water partition coefficient (Wildman–Crippen LogP) is 4.36.